The smallest absolute Gasteiger partial charge is 0.287 e. The van der Waals surface area contributed by atoms with Crippen LogP contribution in [0.25, 0.3) is 11.0 Å². The molecule has 1 heterocycles. The number of hydrogen-bond donors (Lipinski definition) is 2. The van der Waals surface area contributed by atoms with Crippen LogP contribution in [-0.4, -0.2) is 14.3 Å². The molecular weight excluding hydrogens is 376 g/mol. The third kappa shape index (κ3) is 3.60. The van der Waals surface area contributed by atoms with E-state index in [1.807, 2.05) is 0 Å². The number of carbonyl (C=O) groups is 1. The number of halogens is 1. The fourth-order valence-electron chi connectivity index (χ4n) is 2.70. The van der Waals surface area contributed by atoms with Gasteiger partial charge in [-0.3, -0.25) is 4.79 Å². The summed E-state index contributed by atoms with van der Waals surface area (Å²) in [6, 6.07) is 10.8. The van der Waals surface area contributed by atoms with Gasteiger partial charge in [-0.05, 0) is 49.7 Å². The summed E-state index contributed by atoms with van der Waals surface area (Å²) in [5.74, 6) is -0.145. The van der Waals surface area contributed by atoms with Crippen molar-refractivity contribution in [3.05, 3.63) is 64.4 Å². The Labute approximate surface area is 156 Å². The molecule has 1 amide bonds. The van der Waals surface area contributed by atoms with Crippen LogP contribution >= 0.6 is 11.6 Å². The maximum absolute atomic E-state index is 12.6. The van der Waals surface area contributed by atoms with Crippen molar-refractivity contribution in [2.75, 3.05) is 0 Å². The minimum Gasteiger partial charge on any atom is -0.451 e. The summed E-state index contributed by atoms with van der Waals surface area (Å²) < 4.78 is 28.3. The van der Waals surface area contributed by atoms with E-state index in [1.165, 1.54) is 12.1 Å². The Bertz CT molecular complexity index is 1090. The average Bonchev–Trinajstić information content (AvgIpc) is 2.91. The highest BCUT2D eigenvalue weighted by Gasteiger charge is 2.20. The number of aryl methyl sites for hydroxylation is 1. The molecule has 0 saturated carbocycles. The van der Waals surface area contributed by atoms with Crippen molar-refractivity contribution < 1.29 is 17.6 Å². The lowest BCUT2D eigenvalue weighted by molar-refractivity contribution is 0.0913. The van der Waals surface area contributed by atoms with Crippen LogP contribution in [0.2, 0.25) is 5.02 Å². The Morgan fingerprint density at radius 2 is 1.85 bits per heavy atom. The van der Waals surface area contributed by atoms with Crippen LogP contribution in [-0.2, 0) is 10.0 Å². The van der Waals surface area contributed by atoms with Gasteiger partial charge in [-0.25, -0.2) is 13.6 Å². The normalized spacial score (nSPS) is 12.9. The monoisotopic (exact) mass is 392 g/mol. The predicted molar refractivity (Wildman–Crippen MR) is 99.7 cm³/mol. The van der Waals surface area contributed by atoms with E-state index < -0.39 is 10.0 Å². The molecule has 0 spiro atoms. The maximum Gasteiger partial charge on any atom is 0.287 e. The summed E-state index contributed by atoms with van der Waals surface area (Å²) in [5.41, 5.74) is 2.03. The minimum atomic E-state index is -3.75. The lowest BCUT2D eigenvalue weighted by Crippen LogP contribution is -2.26. The Morgan fingerprint density at radius 1 is 1.19 bits per heavy atom. The van der Waals surface area contributed by atoms with Gasteiger partial charge in [-0.15, -0.1) is 0 Å². The molecule has 3 aromatic rings. The highest BCUT2D eigenvalue weighted by Crippen LogP contribution is 2.28. The minimum absolute atomic E-state index is 0.0183. The van der Waals surface area contributed by atoms with Crippen molar-refractivity contribution in [3.8, 4) is 0 Å². The Hall–Kier alpha value is -2.35. The summed E-state index contributed by atoms with van der Waals surface area (Å²) in [5, 5.41) is 9.28. The first kappa shape index (κ1) is 18.4. The first-order chi connectivity index (χ1) is 12.2. The molecule has 0 aliphatic heterocycles. The summed E-state index contributed by atoms with van der Waals surface area (Å²) in [6.07, 6.45) is 0. The molecule has 1 atom stereocenters. The largest absolute Gasteiger partial charge is 0.451 e. The van der Waals surface area contributed by atoms with E-state index in [1.54, 1.807) is 44.2 Å². The number of sulfonamides is 1. The van der Waals surface area contributed by atoms with Crippen LogP contribution in [0, 0.1) is 6.92 Å². The molecule has 0 aliphatic carbocycles. The van der Waals surface area contributed by atoms with Gasteiger partial charge >= 0.3 is 0 Å². The third-order valence-electron chi connectivity index (χ3n) is 4.16. The SMILES string of the molecule is Cc1c(C(=O)NC(C)c2ccc(S(N)(=O)=O)cc2)oc2ccc(Cl)cc12. The number of carbonyl (C=O) groups excluding carboxylic acids is 1. The molecule has 26 heavy (non-hydrogen) atoms. The molecule has 3 rings (SSSR count). The Morgan fingerprint density at radius 3 is 2.46 bits per heavy atom. The zero-order valence-electron chi connectivity index (χ0n) is 14.1. The summed E-state index contributed by atoms with van der Waals surface area (Å²) in [6.45, 7) is 3.58. The highest BCUT2D eigenvalue weighted by molar-refractivity contribution is 7.89. The van der Waals surface area contributed by atoms with Gasteiger partial charge in [0, 0.05) is 16.0 Å². The van der Waals surface area contributed by atoms with Crippen molar-refractivity contribution in [2.24, 2.45) is 5.14 Å². The van der Waals surface area contributed by atoms with E-state index in [4.69, 9.17) is 21.2 Å². The third-order valence-corrected chi connectivity index (χ3v) is 5.33. The molecule has 0 saturated heterocycles. The number of furan rings is 1. The van der Waals surface area contributed by atoms with E-state index in [9.17, 15) is 13.2 Å². The van der Waals surface area contributed by atoms with Crippen LogP contribution in [0.15, 0.2) is 51.8 Å². The molecule has 0 bridgehead atoms. The van der Waals surface area contributed by atoms with Gasteiger partial charge in [-0.1, -0.05) is 23.7 Å². The Balaban J connectivity index is 1.82. The lowest BCUT2D eigenvalue weighted by atomic mass is 10.1. The standard InChI is InChI=1S/C18H17ClN2O4S/c1-10-15-9-13(19)5-8-16(15)25-17(10)18(22)21-11(2)12-3-6-14(7-4-12)26(20,23)24/h3-9,11H,1-2H3,(H,21,22)(H2,20,23,24). The number of benzene rings is 2. The van der Waals surface area contributed by atoms with Gasteiger partial charge in [0.15, 0.2) is 5.76 Å². The summed E-state index contributed by atoms with van der Waals surface area (Å²) in [4.78, 5) is 12.6. The molecule has 6 nitrogen and oxygen atoms in total. The molecule has 136 valence electrons. The van der Waals surface area contributed by atoms with Crippen molar-refractivity contribution in [3.63, 3.8) is 0 Å². The van der Waals surface area contributed by atoms with E-state index in [0.29, 0.717) is 16.2 Å². The molecule has 0 fully saturated rings. The molecule has 1 unspecified atom stereocenters. The average molecular weight is 393 g/mol. The van der Waals surface area contributed by atoms with Gasteiger partial charge in [0.2, 0.25) is 10.0 Å². The maximum atomic E-state index is 12.6. The first-order valence-corrected chi connectivity index (χ1v) is 9.71. The first-order valence-electron chi connectivity index (χ1n) is 7.79. The van der Waals surface area contributed by atoms with Crippen LogP contribution in [0.3, 0.4) is 0 Å². The number of hydrogen-bond acceptors (Lipinski definition) is 4. The summed E-state index contributed by atoms with van der Waals surface area (Å²) in [7, 11) is -3.75. The number of nitrogens with one attached hydrogen (secondary N) is 1. The second-order valence-corrected chi connectivity index (χ2v) is 8.00. The van der Waals surface area contributed by atoms with Gasteiger partial charge in [0.25, 0.3) is 5.91 Å². The quantitative estimate of drug-likeness (QED) is 0.708. The summed E-state index contributed by atoms with van der Waals surface area (Å²) >= 11 is 5.99. The Kier molecular flexibility index (Phi) is 4.79. The number of primary sulfonamides is 1. The zero-order valence-corrected chi connectivity index (χ0v) is 15.7. The van der Waals surface area contributed by atoms with Crippen LogP contribution in [0.5, 0.6) is 0 Å². The number of rotatable bonds is 4. The van der Waals surface area contributed by atoms with E-state index in [2.05, 4.69) is 5.32 Å². The highest BCUT2D eigenvalue weighted by atomic mass is 35.5. The predicted octanol–water partition coefficient (Wildman–Crippen LogP) is 3.53. The van der Waals surface area contributed by atoms with Gasteiger partial charge < -0.3 is 9.73 Å². The van der Waals surface area contributed by atoms with E-state index in [0.717, 1.165) is 10.9 Å². The number of fused-ring (bicyclic) bond motifs is 1. The molecule has 1 aromatic heterocycles. The van der Waals surface area contributed by atoms with E-state index in [-0.39, 0.29) is 22.6 Å². The number of amides is 1. The second kappa shape index (κ2) is 6.75. The molecule has 8 heteroatoms. The second-order valence-electron chi connectivity index (χ2n) is 6.01. The van der Waals surface area contributed by atoms with Crippen molar-refractivity contribution in [2.45, 2.75) is 24.8 Å². The molecule has 3 N–H and O–H groups in total. The molecule has 0 radical (unpaired) electrons. The van der Waals surface area contributed by atoms with Crippen molar-refractivity contribution in [1.29, 1.82) is 0 Å². The molecule has 0 aliphatic rings. The lowest BCUT2D eigenvalue weighted by Gasteiger charge is -2.14. The van der Waals surface area contributed by atoms with Gasteiger partial charge in [-0.2, -0.15) is 0 Å². The zero-order chi connectivity index (χ0) is 19.1. The van der Waals surface area contributed by atoms with Crippen LogP contribution in [0.1, 0.15) is 34.6 Å². The topological polar surface area (TPSA) is 102 Å². The van der Waals surface area contributed by atoms with Crippen molar-refractivity contribution in [1.82, 2.24) is 5.32 Å². The van der Waals surface area contributed by atoms with Crippen LogP contribution < -0.4 is 10.5 Å². The fourth-order valence-corrected chi connectivity index (χ4v) is 3.39. The van der Waals surface area contributed by atoms with Crippen LogP contribution in [0.4, 0.5) is 0 Å². The van der Waals surface area contributed by atoms with Gasteiger partial charge in [0.1, 0.15) is 5.58 Å². The molecule has 2 aromatic carbocycles. The fraction of sp³-hybridized carbons (Fsp3) is 0.167. The van der Waals surface area contributed by atoms with E-state index >= 15 is 0 Å². The number of nitrogens with two attached hydrogens (primary N) is 1. The molecular formula is C18H17ClN2O4S. The van der Waals surface area contributed by atoms with Gasteiger partial charge in [0.05, 0.1) is 10.9 Å². The van der Waals surface area contributed by atoms with Crippen molar-refractivity contribution >= 4 is 38.5 Å².